The smallest absolute Gasteiger partial charge is 0.252 e. The molecule has 29 heavy (non-hydrogen) atoms. The number of rotatable bonds is 5. The molecule has 0 radical (unpaired) electrons. The van der Waals surface area contributed by atoms with E-state index in [2.05, 4.69) is 29.1 Å². The molecule has 1 N–H and O–H groups in total. The van der Waals surface area contributed by atoms with Crippen molar-refractivity contribution in [3.8, 4) is 0 Å². The molecule has 0 saturated carbocycles. The number of benzene rings is 2. The standard InChI is InChI=1S/C22H18ClN3OS2/c1-13-14(2)28-21-19(13)22(26-12-25-21)29-18-6-4-3-5-17(18)20(27)24-11-15-7-9-16(23)10-8-15/h3-10,12H,11H2,1-2H3,(H,24,27). The van der Waals surface area contributed by atoms with Crippen LogP contribution >= 0.6 is 34.7 Å². The van der Waals surface area contributed by atoms with E-state index in [0.29, 0.717) is 17.1 Å². The summed E-state index contributed by atoms with van der Waals surface area (Å²) in [5, 5.41) is 5.60. The average Bonchev–Trinajstić information content (AvgIpc) is 3.02. The Bertz CT molecular complexity index is 1190. The van der Waals surface area contributed by atoms with Gasteiger partial charge >= 0.3 is 0 Å². The monoisotopic (exact) mass is 439 g/mol. The first kappa shape index (κ1) is 19.9. The summed E-state index contributed by atoms with van der Waals surface area (Å²) in [7, 11) is 0. The van der Waals surface area contributed by atoms with Crippen molar-refractivity contribution in [1.82, 2.24) is 15.3 Å². The van der Waals surface area contributed by atoms with Gasteiger partial charge in [0, 0.05) is 26.7 Å². The van der Waals surface area contributed by atoms with Crippen molar-refractivity contribution in [2.24, 2.45) is 0 Å². The maximum atomic E-state index is 12.8. The Hall–Kier alpha value is -2.41. The maximum absolute atomic E-state index is 12.8. The number of carbonyl (C=O) groups excluding carboxylic acids is 1. The van der Waals surface area contributed by atoms with Crippen molar-refractivity contribution in [2.45, 2.75) is 30.3 Å². The van der Waals surface area contributed by atoms with E-state index >= 15 is 0 Å². The van der Waals surface area contributed by atoms with Crippen molar-refractivity contribution in [3.63, 3.8) is 0 Å². The summed E-state index contributed by atoms with van der Waals surface area (Å²) < 4.78 is 0. The highest BCUT2D eigenvalue weighted by molar-refractivity contribution is 7.99. The van der Waals surface area contributed by atoms with Crippen LogP contribution in [0.3, 0.4) is 0 Å². The van der Waals surface area contributed by atoms with Crippen LogP contribution in [0.15, 0.2) is 64.8 Å². The molecule has 0 spiro atoms. The van der Waals surface area contributed by atoms with Crippen LogP contribution in [-0.2, 0) is 6.54 Å². The fourth-order valence-corrected chi connectivity index (χ4v) is 5.22. The van der Waals surface area contributed by atoms with Gasteiger partial charge in [0.15, 0.2) is 0 Å². The van der Waals surface area contributed by atoms with Gasteiger partial charge in [0.25, 0.3) is 5.91 Å². The first-order chi connectivity index (χ1) is 14.0. The van der Waals surface area contributed by atoms with Crippen LogP contribution in [0.5, 0.6) is 0 Å². The fraction of sp³-hybridized carbons (Fsp3) is 0.136. The molecule has 0 fully saturated rings. The highest BCUT2D eigenvalue weighted by atomic mass is 35.5. The third-order valence-electron chi connectivity index (χ3n) is 4.64. The second kappa shape index (κ2) is 8.53. The molecule has 4 rings (SSSR count). The molecule has 0 aliphatic heterocycles. The summed E-state index contributed by atoms with van der Waals surface area (Å²) >= 11 is 9.09. The Morgan fingerprint density at radius 1 is 1.10 bits per heavy atom. The quantitative estimate of drug-likeness (QED) is 0.385. The number of thiophene rings is 1. The lowest BCUT2D eigenvalue weighted by atomic mass is 10.2. The third-order valence-corrected chi connectivity index (χ3v) is 7.08. The molecule has 0 aliphatic carbocycles. The van der Waals surface area contributed by atoms with Crippen molar-refractivity contribution in [1.29, 1.82) is 0 Å². The van der Waals surface area contributed by atoms with Gasteiger partial charge in [0.2, 0.25) is 0 Å². The van der Waals surface area contributed by atoms with Crippen LogP contribution in [0, 0.1) is 13.8 Å². The lowest BCUT2D eigenvalue weighted by Gasteiger charge is -2.10. The molecule has 7 heteroatoms. The van der Waals surface area contributed by atoms with Crippen molar-refractivity contribution < 1.29 is 4.79 Å². The molecular weight excluding hydrogens is 422 g/mol. The van der Waals surface area contributed by atoms with E-state index in [0.717, 1.165) is 25.7 Å². The van der Waals surface area contributed by atoms with Crippen molar-refractivity contribution >= 4 is 50.8 Å². The fourth-order valence-electron chi connectivity index (χ4n) is 2.95. The highest BCUT2D eigenvalue weighted by Gasteiger charge is 2.17. The van der Waals surface area contributed by atoms with Crippen molar-refractivity contribution in [3.05, 3.63) is 81.4 Å². The van der Waals surface area contributed by atoms with Crippen molar-refractivity contribution in [2.75, 3.05) is 0 Å². The molecule has 4 aromatic rings. The van der Waals surface area contributed by atoms with E-state index in [-0.39, 0.29) is 5.91 Å². The van der Waals surface area contributed by atoms with E-state index in [4.69, 9.17) is 11.6 Å². The van der Waals surface area contributed by atoms with Crippen LogP contribution in [-0.4, -0.2) is 15.9 Å². The number of aromatic nitrogens is 2. The third kappa shape index (κ3) is 4.29. The van der Waals surface area contributed by atoms with E-state index in [1.54, 1.807) is 17.7 Å². The molecule has 0 bridgehead atoms. The molecule has 2 aromatic heterocycles. The van der Waals surface area contributed by atoms with E-state index < -0.39 is 0 Å². The van der Waals surface area contributed by atoms with Gasteiger partial charge in [0.05, 0.1) is 5.56 Å². The second-order valence-corrected chi connectivity index (χ2v) is 9.22. The number of amides is 1. The normalized spacial score (nSPS) is 11.0. The molecule has 0 saturated heterocycles. The Morgan fingerprint density at radius 2 is 1.86 bits per heavy atom. The van der Waals surface area contributed by atoms with Crippen LogP contribution in [0.25, 0.3) is 10.2 Å². The first-order valence-corrected chi connectivity index (χ1v) is 11.0. The number of fused-ring (bicyclic) bond motifs is 1. The second-order valence-electron chi connectivity index (χ2n) is 6.55. The predicted molar refractivity (Wildman–Crippen MR) is 120 cm³/mol. The molecule has 2 aromatic carbocycles. The summed E-state index contributed by atoms with van der Waals surface area (Å²) in [6.45, 7) is 4.62. The zero-order valence-corrected chi connectivity index (χ0v) is 18.3. The summed E-state index contributed by atoms with van der Waals surface area (Å²) in [6.07, 6.45) is 1.59. The van der Waals surface area contributed by atoms with Gasteiger partial charge in [-0.2, -0.15) is 0 Å². The Labute approximate surface area is 182 Å². The van der Waals surface area contributed by atoms with E-state index in [1.165, 1.54) is 22.2 Å². The van der Waals surface area contributed by atoms with Gasteiger partial charge in [0.1, 0.15) is 16.2 Å². The number of nitrogens with zero attached hydrogens (tertiary/aromatic N) is 2. The largest absolute Gasteiger partial charge is 0.348 e. The average molecular weight is 440 g/mol. The minimum absolute atomic E-state index is 0.119. The minimum Gasteiger partial charge on any atom is -0.348 e. The summed E-state index contributed by atoms with van der Waals surface area (Å²) in [5.74, 6) is -0.119. The lowest BCUT2D eigenvalue weighted by molar-refractivity contribution is 0.0948. The maximum Gasteiger partial charge on any atom is 0.252 e. The molecule has 0 unspecified atom stereocenters. The van der Waals surface area contributed by atoms with Gasteiger partial charge in [-0.3, -0.25) is 4.79 Å². The SMILES string of the molecule is Cc1sc2ncnc(Sc3ccccc3C(=O)NCc3ccc(Cl)cc3)c2c1C. The van der Waals surface area contributed by atoms with Crippen LogP contribution in [0.4, 0.5) is 0 Å². The lowest BCUT2D eigenvalue weighted by Crippen LogP contribution is -2.23. The molecular formula is C22H18ClN3OS2. The van der Waals surface area contributed by atoms with Gasteiger partial charge in [-0.05, 0) is 49.2 Å². The van der Waals surface area contributed by atoms with E-state index in [1.807, 2.05) is 48.5 Å². The van der Waals surface area contributed by atoms with Crippen LogP contribution in [0.1, 0.15) is 26.4 Å². The van der Waals surface area contributed by atoms with Gasteiger partial charge in [-0.25, -0.2) is 9.97 Å². The number of carbonyl (C=O) groups is 1. The minimum atomic E-state index is -0.119. The number of hydrogen-bond donors (Lipinski definition) is 1. The Kier molecular flexibility index (Phi) is 5.85. The van der Waals surface area contributed by atoms with Gasteiger partial charge < -0.3 is 5.32 Å². The predicted octanol–water partition coefficient (Wildman–Crippen LogP) is 6.04. The molecule has 0 aliphatic rings. The summed E-state index contributed by atoms with van der Waals surface area (Å²) in [6, 6.07) is 15.0. The molecule has 2 heterocycles. The molecule has 4 nitrogen and oxygen atoms in total. The topological polar surface area (TPSA) is 54.9 Å². The highest BCUT2D eigenvalue weighted by Crippen LogP contribution is 2.38. The van der Waals surface area contributed by atoms with Gasteiger partial charge in [-0.15, -0.1) is 11.3 Å². The number of hydrogen-bond acceptors (Lipinski definition) is 5. The van der Waals surface area contributed by atoms with E-state index in [9.17, 15) is 4.79 Å². The summed E-state index contributed by atoms with van der Waals surface area (Å²) in [4.78, 5) is 24.8. The Morgan fingerprint density at radius 3 is 2.66 bits per heavy atom. The number of nitrogens with one attached hydrogen (secondary N) is 1. The number of halogens is 1. The zero-order chi connectivity index (χ0) is 20.4. The summed E-state index contributed by atoms with van der Waals surface area (Å²) in [5.41, 5.74) is 2.82. The molecule has 1 amide bonds. The molecule has 0 atom stereocenters. The Balaban J connectivity index is 1.59. The van der Waals surface area contributed by atoms with Crippen LogP contribution < -0.4 is 5.32 Å². The van der Waals surface area contributed by atoms with Gasteiger partial charge in [-0.1, -0.05) is 47.6 Å². The van der Waals surface area contributed by atoms with Crippen LogP contribution in [0.2, 0.25) is 5.02 Å². The first-order valence-electron chi connectivity index (χ1n) is 9.03. The zero-order valence-electron chi connectivity index (χ0n) is 15.9. The molecule has 146 valence electrons. The number of aryl methyl sites for hydroxylation is 2.